The summed E-state index contributed by atoms with van der Waals surface area (Å²) < 4.78 is 17.6. The Morgan fingerprint density at radius 3 is 1.27 bits per heavy atom. The fourth-order valence-corrected chi connectivity index (χ4v) is 12.1. The first-order chi connectivity index (χ1) is 37.1. The molecular weight excluding hydrogens is 917 g/mol. The number of aryl methyl sites for hydroxylation is 1. The number of amidine groups is 1. The second kappa shape index (κ2) is 16.0. The Kier molecular flexibility index (Phi) is 8.92. The van der Waals surface area contributed by atoms with Gasteiger partial charge in [-0.3, -0.25) is 4.90 Å². The molecule has 4 aromatic heterocycles. The number of hydrogen-bond acceptors (Lipinski definition) is 3. The summed E-state index contributed by atoms with van der Waals surface area (Å²) in [5.74, 6) is 0.989. The smallest absolute Gasteiger partial charge is 0.135 e. The molecule has 0 aliphatic carbocycles. The molecule has 0 atom stereocenters. The zero-order valence-corrected chi connectivity index (χ0v) is 40.8. The summed E-state index contributed by atoms with van der Waals surface area (Å²) in [6.45, 7) is 2.17. The van der Waals surface area contributed by atoms with Gasteiger partial charge in [-0.2, -0.15) is 0 Å². The third-order valence-electron chi connectivity index (χ3n) is 15.6. The van der Waals surface area contributed by atoms with Gasteiger partial charge >= 0.3 is 0 Å². The number of para-hydroxylation sites is 5. The Morgan fingerprint density at radius 1 is 0.347 bits per heavy atom. The molecular formula is C69H44N4O2. The highest BCUT2D eigenvalue weighted by molar-refractivity contribution is 6.14. The van der Waals surface area contributed by atoms with Crippen molar-refractivity contribution in [2.24, 2.45) is 4.99 Å². The van der Waals surface area contributed by atoms with Crippen LogP contribution in [0, 0.1) is 6.92 Å². The molecule has 0 radical (unpaired) electrons. The van der Waals surface area contributed by atoms with E-state index in [-0.39, 0.29) is 0 Å². The van der Waals surface area contributed by atoms with Crippen LogP contribution in [0.15, 0.2) is 250 Å². The average Bonchev–Trinajstić information content (AvgIpc) is 4.31. The number of nitrogens with zero attached hydrogens (tertiary/aromatic N) is 4. The van der Waals surface area contributed by atoms with Crippen molar-refractivity contribution in [3.63, 3.8) is 0 Å². The molecule has 6 nitrogen and oxygen atoms in total. The van der Waals surface area contributed by atoms with Crippen LogP contribution in [0.3, 0.4) is 0 Å². The molecule has 75 heavy (non-hydrogen) atoms. The van der Waals surface area contributed by atoms with Gasteiger partial charge in [0.15, 0.2) is 0 Å². The maximum Gasteiger partial charge on any atom is 0.135 e. The van der Waals surface area contributed by atoms with Crippen molar-refractivity contribution in [3.8, 4) is 33.6 Å². The minimum absolute atomic E-state index is 0.694. The topological polar surface area (TPSA) is 51.7 Å². The van der Waals surface area contributed by atoms with Gasteiger partial charge in [0.2, 0.25) is 0 Å². The molecule has 11 aromatic carbocycles. The highest BCUT2D eigenvalue weighted by Crippen LogP contribution is 2.43. The van der Waals surface area contributed by atoms with Gasteiger partial charge in [-0.05, 0) is 162 Å². The summed E-state index contributed by atoms with van der Waals surface area (Å²) in [5.41, 5.74) is 20.6. The first-order valence-electron chi connectivity index (χ1n) is 25.6. The number of hydrogen-bond donors (Lipinski definition) is 0. The Balaban J connectivity index is 0.738. The van der Waals surface area contributed by atoms with Crippen molar-refractivity contribution in [3.05, 3.63) is 248 Å². The van der Waals surface area contributed by atoms with Crippen LogP contribution >= 0.6 is 0 Å². The van der Waals surface area contributed by atoms with E-state index in [9.17, 15) is 0 Å². The number of rotatable bonds is 6. The highest BCUT2D eigenvalue weighted by atomic mass is 16.3. The van der Waals surface area contributed by atoms with Gasteiger partial charge in [0.25, 0.3) is 0 Å². The molecule has 1 aliphatic heterocycles. The van der Waals surface area contributed by atoms with Crippen LogP contribution in [-0.2, 0) is 6.42 Å². The van der Waals surface area contributed by atoms with Gasteiger partial charge < -0.3 is 18.0 Å². The van der Waals surface area contributed by atoms with Gasteiger partial charge in [0.05, 0.1) is 33.4 Å². The number of aliphatic imine (C=N–C) groups is 1. The van der Waals surface area contributed by atoms with Gasteiger partial charge in [-0.1, -0.05) is 115 Å². The lowest BCUT2D eigenvalue weighted by Gasteiger charge is -2.21. The number of aromatic nitrogens is 2. The molecule has 16 rings (SSSR count). The third-order valence-corrected chi connectivity index (χ3v) is 15.6. The van der Waals surface area contributed by atoms with Crippen molar-refractivity contribution >= 4 is 110 Å². The van der Waals surface area contributed by atoms with Crippen LogP contribution in [-0.4, -0.2) is 15.0 Å². The van der Waals surface area contributed by atoms with Crippen LogP contribution in [0.1, 0.15) is 11.1 Å². The fraction of sp³-hybridized carbons (Fsp3) is 0.0290. The fourth-order valence-electron chi connectivity index (χ4n) is 12.1. The van der Waals surface area contributed by atoms with Crippen LogP contribution < -0.4 is 4.90 Å². The molecule has 5 heterocycles. The van der Waals surface area contributed by atoms with Gasteiger partial charge in [-0.25, -0.2) is 4.99 Å². The predicted molar refractivity (Wildman–Crippen MR) is 311 cm³/mol. The van der Waals surface area contributed by atoms with E-state index < -0.39 is 0 Å². The van der Waals surface area contributed by atoms with Crippen LogP contribution in [0.5, 0.6) is 0 Å². The van der Waals surface area contributed by atoms with Crippen LogP contribution in [0.4, 0.5) is 17.1 Å². The van der Waals surface area contributed by atoms with E-state index in [4.69, 9.17) is 13.8 Å². The normalized spacial score (nSPS) is 13.3. The molecule has 0 N–H and O–H groups in total. The van der Waals surface area contributed by atoms with Gasteiger partial charge in [0.1, 0.15) is 28.2 Å². The summed E-state index contributed by atoms with van der Waals surface area (Å²) >= 11 is 0. The van der Waals surface area contributed by atoms with E-state index in [0.29, 0.717) is 6.42 Å². The van der Waals surface area contributed by atoms with Crippen LogP contribution in [0.2, 0.25) is 0 Å². The van der Waals surface area contributed by atoms with E-state index in [0.717, 1.165) is 106 Å². The van der Waals surface area contributed by atoms with Crippen molar-refractivity contribution in [1.82, 2.24) is 9.13 Å². The lowest BCUT2D eigenvalue weighted by molar-refractivity contribution is 0.668. The summed E-state index contributed by atoms with van der Waals surface area (Å²) in [6, 6.07) is 84.9. The molecule has 0 saturated carbocycles. The number of benzene rings is 11. The first kappa shape index (κ1) is 41.7. The van der Waals surface area contributed by atoms with E-state index in [2.05, 4.69) is 258 Å². The molecule has 352 valence electrons. The number of anilines is 2. The summed E-state index contributed by atoms with van der Waals surface area (Å²) in [5, 5.41) is 9.37. The Hall–Kier alpha value is -9.91. The summed E-state index contributed by atoms with van der Waals surface area (Å²) in [6.07, 6.45) is 0.694. The lowest BCUT2D eigenvalue weighted by atomic mass is 9.99. The average molecular weight is 961 g/mol. The molecule has 6 heteroatoms. The SMILES string of the molecule is Cc1cc(-c2ccc3oc4ccc(-n5c6ccccc6c6ccccc65)cc4c3c2)ccc1N=C1Cc2cc(-c3ccc4oc5ccc(-n6c7ccccc7c7ccccc76)cc5c4c3)ccc2N1c1ccccc1. The minimum atomic E-state index is 0.694. The Morgan fingerprint density at radius 2 is 0.760 bits per heavy atom. The zero-order valence-electron chi connectivity index (χ0n) is 40.8. The minimum Gasteiger partial charge on any atom is -0.456 e. The molecule has 0 fully saturated rings. The highest BCUT2D eigenvalue weighted by Gasteiger charge is 2.28. The van der Waals surface area contributed by atoms with E-state index in [1.165, 1.54) is 49.2 Å². The molecule has 0 spiro atoms. The Labute approximate surface area is 430 Å². The van der Waals surface area contributed by atoms with Crippen molar-refractivity contribution in [1.29, 1.82) is 0 Å². The maximum atomic E-state index is 6.47. The number of fused-ring (bicyclic) bond motifs is 13. The largest absolute Gasteiger partial charge is 0.456 e. The van der Waals surface area contributed by atoms with Crippen molar-refractivity contribution < 1.29 is 8.83 Å². The number of furan rings is 2. The molecule has 0 saturated heterocycles. The van der Waals surface area contributed by atoms with Crippen molar-refractivity contribution in [2.45, 2.75) is 13.3 Å². The Bertz CT molecular complexity index is 4790. The van der Waals surface area contributed by atoms with E-state index in [1.807, 2.05) is 0 Å². The third kappa shape index (κ3) is 6.43. The summed E-state index contributed by atoms with van der Waals surface area (Å²) in [7, 11) is 0. The molecule has 0 bridgehead atoms. The zero-order chi connectivity index (χ0) is 49.3. The van der Waals surface area contributed by atoms with Crippen molar-refractivity contribution in [2.75, 3.05) is 4.90 Å². The molecule has 0 amide bonds. The van der Waals surface area contributed by atoms with Gasteiger partial charge in [0, 0.05) is 66.6 Å². The maximum absolute atomic E-state index is 6.47. The quantitative estimate of drug-likeness (QED) is 0.167. The molecule has 0 unspecified atom stereocenters. The molecule has 1 aliphatic rings. The monoisotopic (exact) mass is 960 g/mol. The van der Waals surface area contributed by atoms with Crippen LogP contribution in [0.25, 0.3) is 121 Å². The second-order valence-electron chi connectivity index (χ2n) is 19.9. The predicted octanol–water partition coefficient (Wildman–Crippen LogP) is 18.7. The molecule has 15 aromatic rings. The van der Waals surface area contributed by atoms with Gasteiger partial charge in [-0.15, -0.1) is 0 Å². The van der Waals surface area contributed by atoms with E-state index in [1.54, 1.807) is 0 Å². The second-order valence-corrected chi connectivity index (χ2v) is 19.9. The summed E-state index contributed by atoms with van der Waals surface area (Å²) in [4.78, 5) is 7.79. The lowest BCUT2D eigenvalue weighted by Crippen LogP contribution is -2.21. The standard InChI is InChI=1S/C69H44N4O2/c1-42-35-43(45-25-31-65-55(37-45)57-40-49(27-33-67(57)74-65)71-61-19-9-5-15-51(61)52-16-6-10-20-62(52)71)23-29-59(42)70-69-39-47-36-44(24-30-60(47)73(69)48-13-3-2-4-14-48)46-26-32-66-56(38-46)58-41-50(28-34-68(58)75-66)72-63-21-11-7-17-53(63)54-18-8-12-22-64(54)72/h2-38,40-41H,39H2,1H3. The first-order valence-corrected chi connectivity index (χ1v) is 25.6. The van der Waals surface area contributed by atoms with E-state index >= 15 is 0 Å².